The van der Waals surface area contributed by atoms with Crippen LogP contribution in [0.1, 0.15) is 23.0 Å². The van der Waals surface area contributed by atoms with Crippen molar-refractivity contribution in [1.29, 1.82) is 0 Å². The van der Waals surface area contributed by atoms with Gasteiger partial charge in [-0.05, 0) is 23.8 Å². The zero-order valence-electron chi connectivity index (χ0n) is 16.8. The summed E-state index contributed by atoms with van der Waals surface area (Å²) >= 11 is 0. The van der Waals surface area contributed by atoms with E-state index in [9.17, 15) is 4.57 Å². The molecule has 0 bridgehead atoms. The summed E-state index contributed by atoms with van der Waals surface area (Å²) in [6.45, 7) is 0.612. The van der Waals surface area contributed by atoms with Crippen molar-refractivity contribution in [3.63, 3.8) is 0 Å². The smallest absolute Gasteiger partial charge is 0.364 e. The Morgan fingerprint density at radius 1 is 0.967 bits per heavy atom. The quantitative estimate of drug-likeness (QED) is 0.462. The molecule has 0 saturated carbocycles. The molecule has 1 aromatic heterocycles. The van der Waals surface area contributed by atoms with Crippen molar-refractivity contribution in [2.75, 3.05) is 19.1 Å². The largest absolute Gasteiger partial charge is 0.471 e. The van der Waals surface area contributed by atoms with Crippen LogP contribution in [0.5, 0.6) is 0 Å². The number of pyridine rings is 1. The zero-order valence-corrected chi connectivity index (χ0v) is 17.7. The predicted molar refractivity (Wildman–Crippen MR) is 117 cm³/mol. The van der Waals surface area contributed by atoms with Gasteiger partial charge < -0.3 is 18.7 Å². The van der Waals surface area contributed by atoms with Gasteiger partial charge in [-0.15, -0.1) is 0 Å². The monoisotopic (exact) mass is 422 g/mol. The normalized spacial score (nSPS) is 15.7. The zero-order chi connectivity index (χ0) is 21.0. The van der Waals surface area contributed by atoms with Crippen molar-refractivity contribution >= 4 is 18.6 Å². The number of aromatic nitrogens is 1. The van der Waals surface area contributed by atoms with Gasteiger partial charge in [0.25, 0.3) is 0 Å². The van der Waals surface area contributed by atoms with Crippen LogP contribution in [0.15, 0.2) is 85.3 Å². The van der Waals surface area contributed by atoms with Crippen molar-refractivity contribution in [2.24, 2.45) is 0 Å². The van der Waals surface area contributed by atoms with Crippen LogP contribution >= 0.6 is 7.60 Å². The van der Waals surface area contributed by atoms with Crippen LogP contribution in [0.4, 0.5) is 5.69 Å². The average molecular weight is 422 g/mol. The van der Waals surface area contributed by atoms with E-state index in [0.29, 0.717) is 23.1 Å². The molecule has 2 heterocycles. The van der Waals surface area contributed by atoms with Crippen LogP contribution in [0, 0.1) is 0 Å². The maximum absolute atomic E-state index is 13.1. The van der Waals surface area contributed by atoms with E-state index in [1.54, 1.807) is 12.3 Å². The van der Waals surface area contributed by atoms with E-state index in [1.165, 1.54) is 20.5 Å². The summed E-state index contributed by atoms with van der Waals surface area (Å²) in [7, 11) is -0.786. The molecule has 0 amide bonds. The molecule has 0 spiro atoms. The Bertz CT molecular complexity index is 1060. The Morgan fingerprint density at radius 2 is 1.63 bits per heavy atom. The first-order chi connectivity index (χ1) is 14.7. The molecule has 2 aromatic carbocycles. The summed E-state index contributed by atoms with van der Waals surface area (Å²) in [5.74, 6) is 0. The number of benzene rings is 2. The van der Waals surface area contributed by atoms with Crippen LogP contribution < -0.4 is 4.90 Å². The fourth-order valence-electron chi connectivity index (χ4n) is 3.50. The van der Waals surface area contributed by atoms with Gasteiger partial charge in [-0.3, -0.25) is 9.55 Å². The molecule has 154 valence electrons. The number of ether oxygens (including phenoxy) is 1. The highest BCUT2D eigenvalue weighted by atomic mass is 31.2. The topological polar surface area (TPSA) is 60.9 Å². The lowest BCUT2D eigenvalue weighted by molar-refractivity contribution is 0.131. The Morgan fingerprint density at radius 3 is 2.30 bits per heavy atom. The van der Waals surface area contributed by atoms with E-state index in [2.05, 4.69) is 22.0 Å². The maximum atomic E-state index is 13.1. The highest BCUT2D eigenvalue weighted by Gasteiger charge is 2.38. The third-order valence-corrected chi connectivity index (χ3v) is 6.90. The second-order valence-electron chi connectivity index (χ2n) is 6.74. The maximum Gasteiger partial charge on any atom is 0.364 e. The molecule has 0 saturated heterocycles. The van der Waals surface area contributed by atoms with E-state index in [-0.39, 0.29) is 0 Å². The van der Waals surface area contributed by atoms with Crippen molar-refractivity contribution in [1.82, 2.24) is 4.98 Å². The first-order valence-electron chi connectivity index (χ1n) is 9.55. The number of hydrogen-bond acceptors (Lipinski definition) is 6. The molecule has 1 aliphatic rings. The molecule has 1 aliphatic heterocycles. The highest BCUT2D eigenvalue weighted by molar-refractivity contribution is 7.65. The lowest BCUT2D eigenvalue weighted by atomic mass is 10.1. The number of nitrogens with zero attached hydrogens (tertiary/aromatic N) is 2. The second kappa shape index (κ2) is 8.84. The molecular weight excluding hydrogens is 399 g/mol. The van der Waals surface area contributed by atoms with E-state index >= 15 is 0 Å². The average Bonchev–Trinajstić information content (AvgIpc) is 2.83. The number of anilines is 1. The summed E-state index contributed by atoms with van der Waals surface area (Å²) in [6, 6.07) is 23.8. The summed E-state index contributed by atoms with van der Waals surface area (Å²) < 4.78 is 29.6. The molecule has 0 radical (unpaired) electrons. The predicted octanol–water partition coefficient (Wildman–Crippen LogP) is 5.60. The van der Waals surface area contributed by atoms with Gasteiger partial charge in [0.05, 0.1) is 0 Å². The van der Waals surface area contributed by atoms with Crippen LogP contribution in [-0.2, 0) is 24.9 Å². The van der Waals surface area contributed by atoms with Gasteiger partial charge in [-0.25, -0.2) is 0 Å². The summed E-state index contributed by atoms with van der Waals surface area (Å²) in [5.41, 5.74) is 3.47. The molecular formula is C23H23N2O4P. The van der Waals surface area contributed by atoms with E-state index < -0.39 is 13.8 Å². The number of rotatable bonds is 7. The van der Waals surface area contributed by atoms with Gasteiger partial charge >= 0.3 is 7.60 Å². The molecule has 0 aliphatic carbocycles. The molecule has 0 N–H and O–H groups in total. The van der Waals surface area contributed by atoms with Crippen LogP contribution in [0.25, 0.3) is 5.31 Å². The standard InChI is InChI=1S/C23H23N2O4P/c1-27-30(26,28-2)21-17-29-23(22-20(21)14-9-15-24-22)25(19-12-7-4-8-13-19)16-18-10-5-3-6-11-18/h3-15,17,23H,16H2,1-2H3. The SMILES string of the molecule is COP(=O)(OC)C1=COC(N(Cc2ccccc2)c2ccccc2)c2ncccc21. The van der Waals surface area contributed by atoms with Crippen molar-refractivity contribution in [3.05, 3.63) is 102 Å². The van der Waals surface area contributed by atoms with Crippen molar-refractivity contribution in [3.8, 4) is 0 Å². The fraction of sp³-hybridized carbons (Fsp3) is 0.174. The van der Waals surface area contributed by atoms with Gasteiger partial charge in [-0.2, -0.15) is 0 Å². The summed E-state index contributed by atoms with van der Waals surface area (Å²) in [5, 5.41) is 0.361. The van der Waals surface area contributed by atoms with Crippen LogP contribution in [0.3, 0.4) is 0 Å². The number of hydrogen-bond donors (Lipinski definition) is 0. The third-order valence-electron chi connectivity index (χ3n) is 5.00. The Kier molecular flexibility index (Phi) is 6.00. The second-order valence-corrected chi connectivity index (χ2v) is 8.95. The Balaban J connectivity index is 1.79. The van der Waals surface area contributed by atoms with Crippen LogP contribution in [0.2, 0.25) is 0 Å². The minimum atomic E-state index is -3.51. The molecule has 3 aromatic rings. The van der Waals surface area contributed by atoms with Gasteiger partial charge in [0, 0.05) is 38.2 Å². The van der Waals surface area contributed by atoms with E-state index in [0.717, 1.165) is 11.3 Å². The minimum absolute atomic E-state index is 0.361. The molecule has 1 unspecified atom stereocenters. The minimum Gasteiger partial charge on any atom is -0.471 e. The van der Waals surface area contributed by atoms with Crippen LogP contribution in [-0.4, -0.2) is 19.2 Å². The van der Waals surface area contributed by atoms with Gasteiger partial charge in [0.1, 0.15) is 17.3 Å². The Labute approximate surface area is 176 Å². The highest BCUT2D eigenvalue weighted by Crippen LogP contribution is 2.61. The molecule has 30 heavy (non-hydrogen) atoms. The fourth-order valence-corrected chi connectivity index (χ4v) is 4.72. The molecule has 1 atom stereocenters. The lowest BCUT2D eigenvalue weighted by Gasteiger charge is -2.36. The molecule has 6 nitrogen and oxygen atoms in total. The molecule has 7 heteroatoms. The number of fused-ring (bicyclic) bond motifs is 1. The third kappa shape index (κ3) is 3.90. The number of para-hydroxylation sites is 1. The van der Waals surface area contributed by atoms with E-state index in [1.807, 2.05) is 54.6 Å². The summed E-state index contributed by atoms with van der Waals surface area (Å²) in [6.07, 6.45) is 2.67. The lowest BCUT2D eigenvalue weighted by Crippen LogP contribution is -2.32. The summed E-state index contributed by atoms with van der Waals surface area (Å²) in [4.78, 5) is 6.71. The molecule has 0 fully saturated rings. The Hall–Kier alpha value is -2.92. The first-order valence-corrected chi connectivity index (χ1v) is 11.1. The van der Waals surface area contributed by atoms with Gasteiger partial charge in [0.2, 0.25) is 6.23 Å². The van der Waals surface area contributed by atoms with Gasteiger partial charge in [-0.1, -0.05) is 54.6 Å². The van der Waals surface area contributed by atoms with Gasteiger partial charge in [0.15, 0.2) is 0 Å². The molecule has 4 rings (SSSR count). The van der Waals surface area contributed by atoms with Crippen molar-refractivity contribution in [2.45, 2.75) is 12.8 Å². The first kappa shape index (κ1) is 20.4. The van der Waals surface area contributed by atoms with Crippen molar-refractivity contribution < 1.29 is 18.3 Å². The van der Waals surface area contributed by atoms with E-state index in [4.69, 9.17) is 13.8 Å².